The fourth-order valence-corrected chi connectivity index (χ4v) is 11.7. The van der Waals surface area contributed by atoms with Crippen molar-refractivity contribution in [3.8, 4) is 0 Å². The van der Waals surface area contributed by atoms with Gasteiger partial charge in [-0.25, -0.2) is 0 Å². The predicted molar refractivity (Wildman–Crippen MR) is 186 cm³/mol. The van der Waals surface area contributed by atoms with E-state index in [4.69, 9.17) is 0 Å². The standard InChI is InChI=1S/C32H26Si.2C4H9.Zr/c1-23-21-25-13-9-11-19-29(25)31(23)33(27-15-5-3-6-16-27,28-17-7-4-8-18-28)32-24(2)22-26-14-10-12-20-30(26)32;2*1-3-4-2;/h3-22H,1-2H3;2*1,3-4H2,2H3;/q-2;2*-1;+4. The van der Waals surface area contributed by atoms with Crippen LogP contribution in [0, 0.1) is 27.7 Å². The van der Waals surface area contributed by atoms with E-state index in [-0.39, 0.29) is 26.2 Å². The number of rotatable bonds is 6. The zero-order valence-electron chi connectivity index (χ0n) is 25.8. The van der Waals surface area contributed by atoms with Gasteiger partial charge in [-0.3, -0.25) is 0 Å². The first-order valence-corrected chi connectivity index (χ1v) is 17.0. The molecule has 6 aromatic rings. The second-order valence-electron chi connectivity index (χ2n) is 10.8. The Kier molecular flexibility index (Phi) is 13.0. The van der Waals surface area contributed by atoms with Crippen molar-refractivity contribution in [1.82, 2.24) is 0 Å². The molecule has 6 aromatic carbocycles. The van der Waals surface area contributed by atoms with Crippen molar-refractivity contribution >= 4 is 50.4 Å². The third-order valence-electron chi connectivity index (χ3n) is 7.86. The van der Waals surface area contributed by atoms with Crippen molar-refractivity contribution in [2.45, 2.75) is 53.4 Å². The molecule has 0 amide bonds. The Labute approximate surface area is 274 Å². The Morgan fingerprint density at radius 1 is 0.524 bits per heavy atom. The molecule has 0 aliphatic carbocycles. The van der Waals surface area contributed by atoms with E-state index in [0.717, 1.165) is 12.8 Å². The maximum Gasteiger partial charge on any atom is 4.00 e. The molecule has 0 nitrogen and oxygen atoms in total. The molecule has 0 radical (unpaired) electrons. The maximum atomic E-state index is 3.60. The summed E-state index contributed by atoms with van der Waals surface area (Å²) in [4.78, 5) is 0. The van der Waals surface area contributed by atoms with Crippen LogP contribution in [0.1, 0.15) is 50.7 Å². The summed E-state index contributed by atoms with van der Waals surface area (Å²) in [6, 6.07) is 45.2. The van der Waals surface area contributed by atoms with Crippen LogP contribution in [-0.2, 0) is 26.2 Å². The summed E-state index contributed by atoms with van der Waals surface area (Å²) in [5.74, 6) is 0. The quantitative estimate of drug-likeness (QED) is 0.126. The predicted octanol–water partition coefficient (Wildman–Crippen LogP) is 8.66. The van der Waals surface area contributed by atoms with Gasteiger partial charge in [-0.05, 0) is 0 Å². The van der Waals surface area contributed by atoms with Crippen LogP contribution in [0.2, 0.25) is 0 Å². The molecule has 0 bridgehead atoms. The van der Waals surface area contributed by atoms with Crippen LogP contribution >= 0.6 is 0 Å². The number of fused-ring (bicyclic) bond motifs is 2. The summed E-state index contributed by atoms with van der Waals surface area (Å²) in [5, 5.41) is 11.4. The van der Waals surface area contributed by atoms with Crippen LogP contribution in [-0.4, -0.2) is 8.07 Å². The topological polar surface area (TPSA) is 0 Å². The van der Waals surface area contributed by atoms with E-state index >= 15 is 0 Å². The van der Waals surface area contributed by atoms with Crippen LogP contribution in [0.3, 0.4) is 0 Å². The van der Waals surface area contributed by atoms with Crippen molar-refractivity contribution in [1.29, 1.82) is 0 Å². The summed E-state index contributed by atoms with van der Waals surface area (Å²) in [7, 11) is -2.61. The van der Waals surface area contributed by atoms with Crippen LogP contribution in [0.5, 0.6) is 0 Å². The molecule has 0 spiro atoms. The fourth-order valence-electron chi connectivity index (χ4n) is 5.98. The molecule has 6 rings (SSSR count). The summed E-state index contributed by atoms with van der Waals surface area (Å²) >= 11 is 0. The molecule has 212 valence electrons. The molecule has 0 atom stereocenters. The van der Waals surface area contributed by atoms with Crippen molar-refractivity contribution in [3.05, 3.63) is 146 Å². The van der Waals surface area contributed by atoms with Gasteiger partial charge < -0.3 is 13.8 Å². The monoisotopic (exact) mass is 642 g/mol. The van der Waals surface area contributed by atoms with Gasteiger partial charge in [-0.1, -0.05) is 124 Å². The van der Waals surface area contributed by atoms with Crippen LogP contribution in [0.25, 0.3) is 21.5 Å². The second-order valence-corrected chi connectivity index (χ2v) is 14.4. The first-order valence-electron chi connectivity index (χ1n) is 15.0. The third-order valence-corrected chi connectivity index (χ3v) is 13.1. The molecule has 0 fully saturated rings. The molecule has 0 saturated carbocycles. The van der Waals surface area contributed by atoms with E-state index in [2.05, 4.69) is 163 Å². The average Bonchev–Trinajstić information content (AvgIpc) is 3.55. The number of unbranched alkanes of at least 4 members (excludes halogenated alkanes) is 2. The molecule has 0 heterocycles. The first kappa shape index (κ1) is 33.7. The minimum atomic E-state index is -2.61. The van der Waals surface area contributed by atoms with Gasteiger partial charge in [0.2, 0.25) is 0 Å². The molecule has 2 heteroatoms. The van der Waals surface area contributed by atoms with Gasteiger partial charge in [0, 0.05) is 0 Å². The van der Waals surface area contributed by atoms with E-state index in [0.29, 0.717) is 0 Å². The Bertz CT molecular complexity index is 1510. The van der Waals surface area contributed by atoms with Gasteiger partial charge in [-0.15, -0.1) is 91.6 Å². The third kappa shape index (κ3) is 6.72. The average molecular weight is 644 g/mol. The summed E-state index contributed by atoms with van der Waals surface area (Å²) in [6.07, 6.45) is 4.56. The molecule has 0 aliphatic rings. The van der Waals surface area contributed by atoms with E-state index < -0.39 is 8.07 Å². The fraction of sp³-hybridized carbons (Fsp3) is 0.200. The molecule has 0 N–H and O–H groups in total. The zero-order chi connectivity index (χ0) is 29.2. The van der Waals surface area contributed by atoms with Crippen LogP contribution in [0.4, 0.5) is 0 Å². The van der Waals surface area contributed by atoms with Crippen molar-refractivity contribution in [3.63, 3.8) is 0 Å². The molecule has 0 saturated heterocycles. The first-order chi connectivity index (χ1) is 20.0. The van der Waals surface area contributed by atoms with Gasteiger partial charge in [0.15, 0.2) is 0 Å². The number of hydrogen-bond donors (Lipinski definition) is 0. The Morgan fingerprint density at radius 2 is 0.833 bits per heavy atom. The molecular weight excluding hydrogens is 600 g/mol. The normalized spacial score (nSPS) is 10.8. The molecule has 0 unspecified atom stereocenters. The zero-order valence-corrected chi connectivity index (χ0v) is 29.2. The van der Waals surface area contributed by atoms with E-state index in [1.54, 1.807) is 0 Å². The van der Waals surface area contributed by atoms with E-state index in [9.17, 15) is 0 Å². The molecular formula is C40H44SiZr. The van der Waals surface area contributed by atoms with Gasteiger partial charge in [0.1, 0.15) is 0 Å². The Balaban J connectivity index is 0.000000482. The maximum absolute atomic E-state index is 3.60. The van der Waals surface area contributed by atoms with E-state index in [1.165, 1.54) is 66.3 Å². The van der Waals surface area contributed by atoms with Gasteiger partial charge in [-0.2, -0.15) is 12.8 Å². The minimum absolute atomic E-state index is 0. The largest absolute Gasteiger partial charge is 4.00 e. The Hall–Kier alpha value is -2.80. The van der Waals surface area contributed by atoms with Crippen molar-refractivity contribution in [2.24, 2.45) is 0 Å². The van der Waals surface area contributed by atoms with Gasteiger partial charge in [0.05, 0.1) is 8.07 Å². The SMILES string of the molecule is Cc1[cH-]c2ccccc2c1[Si](c1ccccc1)(c1ccccc1)c1c(C)[cH-]c2ccccc12.[CH2-]CCC.[CH2-]CCC.[Zr+4]. The molecule has 42 heavy (non-hydrogen) atoms. The number of hydrogen-bond acceptors (Lipinski definition) is 0. The Morgan fingerprint density at radius 3 is 1.17 bits per heavy atom. The van der Waals surface area contributed by atoms with Crippen molar-refractivity contribution in [2.75, 3.05) is 0 Å². The summed E-state index contributed by atoms with van der Waals surface area (Å²) < 4.78 is 0. The van der Waals surface area contributed by atoms with Crippen molar-refractivity contribution < 1.29 is 26.2 Å². The summed E-state index contributed by atoms with van der Waals surface area (Å²) in [5.41, 5.74) is 2.78. The number of aryl methyl sites for hydroxylation is 2. The molecule has 0 aliphatic heterocycles. The van der Waals surface area contributed by atoms with Gasteiger partial charge >= 0.3 is 26.2 Å². The molecule has 0 aromatic heterocycles. The second kappa shape index (κ2) is 16.2. The minimum Gasteiger partial charge on any atom is -0.343 e. The van der Waals surface area contributed by atoms with Gasteiger partial charge in [0.25, 0.3) is 0 Å². The smallest absolute Gasteiger partial charge is 0.343 e. The number of benzene rings is 4. The van der Waals surface area contributed by atoms with E-state index in [1.807, 2.05) is 0 Å². The van der Waals surface area contributed by atoms with Crippen LogP contribution in [0.15, 0.2) is 121 Å². The van der Waals surface area contributed by atoms with Crippen LogP contribution < -0.4 is 20.7 Å². The summed E-state index contributed by atoms with van der Waals surface area (Å²) in [6.45, 7) is 16.1.